The molecule has 9 nitrogen and oxygen atoms in total. The number of aliphatic hydroxyl groups excluding tert-OH is 1. The van der Waals surface area contributed by atoms with Crippen LogP contribution in [0, 0.1) is 0 Å². The summed E-state index contributed by atoms with van der Waals surface area (Å²) in [6.07, 6.45) is -1.13. The third-order valence-electron chi connectivity index (χ3n) is 6.55. The van der Waals surface area contributed by atoms with Gasteiger partial charge in [0.15, 0.2) is 6.23 Å². The fraction of sp³-hybridized carbons (Fsp3) is 0.0294. The van der Waals surface area contributed by atoms with Crippen LogP contribution in [0.15, 0.2) is 133 Å². The molecule has 0 radical (unpaired) electrons. The Bertz CT molecular complexity index is 1740. The van der Waals surface area contributed by atoms with Gasteiger partial charge >= 0.3 is 0 Å². The largest absolute Gasteiger partial charge is 0.369 e. The van der Waals surface area contributed by atoms with E-state index >= 15 is 0 Å². The van der Waals surface area contributed by atoms with Crippen molar-refractivity contribution in [3.8, 4) is 0 Å². The monoisotopic (exact) mass is 571 g/mol. The zero-order valence-corrected chi connectivity index (χ0v) is 23.0. The van der Waals surface area contributed by atoms with Gasteiger partial charge in [0, 0.05) is 39.3 Å². The first-order valence-corrected chi connectivity index (χ1v) is 13.4. The highest BCUT2D eigenvalue weighted by atomic mass is 16.3. The molecule has 0 heterocycles. The van der Waals surface area contributed by atoms with Crippen LogP contribution < -0.4 is 26.8 Å². The summed E-state index contributed by atoms with van der Waals surface area (Å²) in [4.78, 5) is 38.3. The first kappa shape index (κ1) is 28.7. The molecule has 0 aromatic heterocycles. The molecule has 5 aromatic carbocycles. The Balaban J connectivity index is 1.23. The molecule has 5 rings (SSSR count). The Morgan fingerprint density at radius 2 is 1.12 bits per heavy atom. The van der Waals surface area contributed by atoms with Gasteiger partial charge in [0.1, 0.15) is 0 Å². The molecule has 43 heavy (non-hydrogen) atoms. The number of nitrogens with zero attached hydrogens (tertiary/aromatic N) is 1. The summed E-state index contributed by atoms with van der Waals surface area (Å²) in [6.45, 7) is 0. The number of rotatable bonds is 9. The van der Waals surface area contributed by atoms with E-state index in [1.807, 2.05) is 12.1 Å². The lowest BCUT2D eigenvalue weighted by Gasteiger charge is -2.18. The Morgan fingerprint density at radius 3 is 1.81 bits per heavy atom. The number of hydrazine groups is 1. The molecule has 0 spiro atoms. The minimum Gasteiger partial charge on any atom is -0.369 e. The van der Waals surface area contributed by atoms with Crippen molar-refractivity contribution in [1.82, 2.24) is 0 Å². The maximum atomic E-state index is 13.1. The standard InChI is InChI=1S/C34H29N5O4/c35-39(34(43)24-12-5-2-6-13-24)30-19-9-18-29(22-30)38-33(42)26-15-7-14-25(20-26)32(41)37-28-17-8-16-27(21-28)36-31(40)23-10-3-1-4-11-23/h1-22,32,37,41H,35H2,(H,36,40)(H,38,42). The van der Waals surface area contributed by atoms with E-state index in [2.05, 4.69) is 16.0 Å². The molecular formula is C34H29N5O4. The molecule has 0 aliphatic heterocycles. The Hall–Kier alpha value is -5.77. The normalized spacial score (nSPS) is 11.2. The number of carbonyl (C=O) groups is 3. The van der Waals surface area contributed by atoms with E-state index in [-0.39, 0.29) is 11.8 Å². The molecule has 0 bridgehead atoms. The van der Waals surface area contributed by atoms with E-state index in [4.69, 9.17) is 5.84 Å². The van der Waals surface area contributed by atoms with Gasteiger partial charge in [0.2, 0.25) is 0 Å². The van der Waals surface area contributed by atoms with Gasteiger partial charge in [-0.15, -0.1) is 0 Å². The van der Waals surface area contributed by atoms with Crippen molar-refractivity contribution in [2.45, 2.75) is 6.23 Å². The van der Waals surface area contributed by atoms with Gasteiger partial charge in [-0.25, -0.2) is 10.9 Å². The van der Waals surface area contributed by atoms with E-state index in [1.165, 1.54) is 0 Å². The summed E-state index contributed by atoms with van der Waals surface area (Å²) >= 11 is 0. The van der Waals surface area contributed by atoms with Crippen LogP contribution in [0.2, 0.25) is 0 Å². The van der Waals surface area contributed by atoms with Gasteiger partial charge in [0.25, 0.3) is 17.7 Å². The van der Waals surface area contributed by atoms with Crippen molar-refractivity contribution in [3.63, 3.8) is 0 Å². The van der Waals surface area contributed by atoms with Crippen molar-refractivity contribution in [2.24, 2.45) is 5.84 Å². The molecule has 1 atom stereocenters. The molecule has 0 saturated heterocycles. The fourth-order valence-corrected chi connectivity index (χ4v) is 4.34. The molecular weight excluding hydrogens is 542 g/mol. The number of nitrogens with two attached hydrogens (primary N) is 1. The van der Waals surface area contributed by atoms with E-state index < -0.39 is 12.1 Å². The Morgan fingerprint density at radius 1 is 0.581 bits per heavy atom. The number of nitrogens with one attached hydrogen (secondary N) is 3. The van der Waals surface area contributed by atoms with Crippen molar-refractivity contribution >= 4 is 40.5 Å². The first-order chi connectivity index (χ1) is 20.9. The summed E-state index contributed by atoms with van der Waals surface area (Å²) in [5.74, 6) is 5.03. The highest BCUT2D eigenvalue weighted by molar-refractivity contribution is 6.07. The van der Waals surface area contributed by atoms with Gasteiger partial charge in [-0.3, -0.25) is 14.4 Å². The number of carbonyl (C=O) groups excluding carboxylic acids is 3. The third-order valence-corrected chi connectivity index (χ3v) is 6.55. The van der Waals surface area contributed by atoms with Crippen LogP contribution in [-0.4, -0.2) is 22.8 Å². The van der Waals surface area contributed by atoms with Crippen LogP contribution in [0.4, 0.5) is 22.7 Å². The SMILES string of the molecule is NN(C(=O)c1ccccc1)c1cccc(NC(=O)c2cccc(C(O)Nc3cccc(NC(=O)c4ccccc4)c3)c2)c1. The molecule has 1 unspecified atom stereocenters. The number of anilines is 4. The van der Waals surface area contributed by atoms with Crippen LogP contribution >= 0.6 is 0 Å². The van der Waals surface area contributed by atoms with E-state index in [0.717, 1.165) is 5.01 Å². The van der Waals surface area contributed by atoms with E-state index in [9.17, 15) is 19.5 Å². The van der Waals surface area contributed by atoms with E-state index in [1.54, 1.807) is 121 Å². The average molecular weight is 572 g/mol. The van der Waals surface area contributed by atoms with Crippen LogP contribution in [0.5, 0.6) is 0 Å². The molecule has 0 aliphatic rings. The minimum atomic E-state index is -1.13. The van der Waals surface area contributed by atoms with Gasteiger partial charge in [0.05, 0.1) is 5.69 Å². The number of benzene rings is 5. The predicted molar refractivity (Wildman–Crippen MR) is 168 cm³/mol. The Labute approximate surface area is 248 Å². The van der Waals surface area contributed by atoms with Gasteiger partial charge < -0.3 is 21.1 Å². The summed E-state index contributed by atoms with van der Waals surface area (Å²) in [5, 5.41) is 20.6. The second kappa shape index (κ2) is 13.3. The van der Waals surface area contributed by atoms with Gasteiger partial charge in [-0.05, 0) is 72.8 Å². The minimum absolute atomic E-state index is 0.246. The molecule has 3 amide bonds. The molecule has 214 valence electrons. The van der Waals surface area contributed by atoms with Crippen molar-refractivity contribution < 1.29 is 19.5 Å². The number of hydrogen-bond donors (Lipinski definition) is 5. The molecule has 9 heteroatoms. The molecule has 0 aliphatic carbocycles. The van der Waals surface area contributed by atoms with Gasteiger partial charge in [-0.1, -0.05) is 60.7 Å². The van der Waals surface area contributed by atoms with Crippen LogP contribution in [-0.2, 0) is 0 Å². The van der Waals surface area contributed by atoms with Crippen molar-refractivity contribution in [2.75, 3.05) is 21.0 Å². The van der Waals surface area contributed by atoms with Crippen LogP contribution in [0.1, 0.15) is 42.9 Å². The van der Waals surface area contributed by atoms with Gasteiger partial charge in [-0.2, -0.15) is 0 Å². The predicted octanol–water partition coefficient (Wildman–Crippen LogP) is 5.81. The topological polar surface area (TPSA) is 137 Å². The maximum absolute atomic E-state index is 13.1. The summed E-state index contributed by atoms with van der Waals surface area (Å²) in [5.41, 5.74) is 3.72. The summed E-state index contributed by atoms with van der Waals surface area (Å²) < 4.78 is 0. The lowest BCUT2D eigenvalue weighted by molar-refractivity contribution is 0.0984. The molecule has 0 saturated carbocycles. The van der Waals surface area contributed by atoms with Crippen molar-refractivity contribution in [1.29, 1.82) is 0 Å². The fourth-order valence-electron chi connectivity index (χ4n) is 4.34. The number of hydrogen-bond acceptors (Lipinski definition) is 6. The van der Waals surface area contributed by atoms with Crippen LogP contribution in [0.3, 0.4) is 0 Å². The second-order valence-corrected chi connectivity index (χ2v) is 9.62. The number of aliphatic hydroxyl groups is 1. The summed E-state index contributed by atoms with van der Waals surface area (Å²) in [7, 11) is 0. The summed E-state index contributed by atoms with van der Waals surface area (Å²) in [6, 6.07) is 37.7. The second-order valence-electron chi connectivity index (χ2n) is 9.62. The zero-order chi connectivity index (χ0) is 30.2. The zero-order valence-electron chi connectivity index (χ0n) is 23.0. The highest BCUT2D eigenvalue weighted by Gasteiger charge is 2.16. The number of amides is 3. The lowest BCUT2D eigenvalue weighted by atomic mass is 10.1. The average Bonchev–Trinajstić information content (AvgIpc) is 3.05. The highest BCUT2D eigenvalue weighted by Crippen LogP contribution is 2.23. The van der Waals surface area contributed by atoms with Crippen LogP contribution in [0.25, 0.3) is 0 Å². The third kappa shape index (κ3) is 7.31. The quantitative estimate of drug-likeness (QED) is 0.0655. The van der Waals surface area contributed by atoms with Crippen molar-refractivity contribution in [3.05, 3.63) is 156 Å². The maximum Gasteiger partial charge on any atom is 0.272 e. The molecule has 0 fully saturated rings. The lowest BCUT2D eigenvalue weighted by Crippen LogP contribution is -2.37. The first-order valence-electron chi connectivity index (χ1n) is 13.4. The molecule has 6 N–H and O–H groups in total. The smallest absolute Gasteiger partial charge is 0.272 e. The molecule has 5 aromatic rings. The Kier molecular flexibility index (Phi) is 8.87. The van der Waals surface area contributed by atoms with E-state index in [0.29, 0.717) is 45.0 Å².